The normalized spacial score (nSPS) is 12.0. The number of para-hydroxylation sites is 1. The topological polar surface area (TPSA) is 72.6 Å². The number of nitrogens with zero attached hydrogens (tertiary/aromatic N) is 1. The Kier molecular flexibility index (Phi) is 4.13. The van der Waals surface area contributed by atoms with Gasteiger partial charge in [-0.3, -0.25) is 10.1 Å². The standard InChI is InChI=1S/C14H11F2NO4/c1-8(18)10-3-2-4-11(15)14(10)21-13-6-5-9(17(19)20)7-12(13)16/h2-8,18H,1H3/t8-/m0/s1. The van der Waals surface area contributed by atoms with Crippen molar-refractivity contribution < 1.29 is 23.5 Å². The molecule has 0 bridgehead atoms. The molecule has 0 radical (unpaired) electrons. The second-order valence-corrected chi connectivity index (χ2v) is 4.31. The summed E-state index contributed by atoms with van der Waals surface area (Å²) in [6.45, 7) is 1.41. The van der Waals surface area contributed by atoms with Crippen LogP contribution in [0.1, 0.15) is 18.6 Å². The smallest absolute Gasteiger partial charge is 0.272 e. The molecule has 2 aromatic carbocycles. The summed E-state index contributed by atoms with van der Waals surface area (Å²) in [7, 11) is 0. The van der Waals surface area contributed by atoms with E-state index in [2.05, 4.69) is 0 Å². The van der Waals surface area contributed by atoms with Crippen LogP contribution in [0.5, 0.6) is 11.5 Å². The van der Waals surface area contributed by atoms with E-state index in [4.69, 9.17) is 4.74 Å². The molecule has 0 aliphatic heterocycles. The molecular weight excluding hydrogens is 284 g/mol. The van der Waals surface area contributed by atoms with Crippen molar-refractivity contribution in [3.05, 3.63) is 63.7 Å². The van der Waals surface area contributed by atoms with E-state index in [1.807, 2.05) is 0 Å². The summed E-state index contributed by atoms with van der Waals surface area (Å²) in [4.78, 5) is 9.77. The monoisotopic (exact) mass is 295 g/mol. The van der Waals surface area contributed by atoms with Crippen molar-refractivity contribution in [3.63, 3.8) is 0 Å². The van der Waals surface area contributed by atoms with Crippen LogP contribution in [0, 0.1) is 21.7 Å². The summed E-state index contributed by atoms with van der Waals surface area (Å²) in [6.07, 6.45) is -1.02. The first-order valence-electron chi connectivity index (χ1n) is 5.98. The molecule has 1 atom stereocenters. The molecule has 0 unspecified atom stereocenters. The van der Waals surface area contributed by atoms with Crippen molar-refractivity contribution in [2.24, 2.45) is 0 Å². The van der Waals surface area contributed by atoms with Gasteiger partial charge in [-0.05, 0) is 19.1 Å². The molecule has 2 rings (SSSR count). The summed E-state index contributed by atoms with van der Waals surface area (Å²) >= 11 is 0. The fourth-order valence-electron chi connectivity index (χ4n) is 1.76. The Labute approximate surface area is 118 Å². The molecule has 110 valence electrons. The van der Waals surface area contributed by atoms with Crippen LogP contribution in [0.25, 0.3) is 0 Å². The summed E-state index contributed by atoms with van der Waals surface area (Å²) < 4.78 is 32.6. The molecule has 0 heterocycles. The van der Waals surface area contributed by atoms with Gasteiger partial charge in [0, 0.05) is 11.6 Å². The lowest BCUT2D eigenvalue weighted by atomic mass is 10.1. The number of ether oxygens (including phenoxy) is 1. The number of aliphatic hydroxyl groups excluding tert-OH is 1. The van der Waals surface area contributed by atoms with Gasteiger partial charge < -0.3 is 9.84 Å². The van der Waals surface area contributed by atoms with Gasteiger partial charge in [0.05, 0.1) is 17.1 Å². The van der Waals surface area contributed by atoms with E-state index in [-0.39, 0.29) is 17.1 Å². The first-order valence-corrected chi connectivity index (χ1v) is 5.98. The van der Waals surface area contributed by atoms with Crippen molar-refractivity contribution in [1.82, 2.24) is 0 Å². The Morgan fingerprint density at radius 3 is 2.52 bits per heavy atom. The average molecular weight is 295 g/mol. The molecule has 21 heavy (non-hydrogen) atoms. The van der Waals surface area contributed by atoms with E-state index in [9.17, 15) is 24.0 Å². The predicted molar refractivity (Wildman–Crippen MR) is 70.2 cm³/mol. The fourth-order valence-corrected chi connectivity index (χ4v) is 1.76. The molecule has 0 saturated heterocycles. The van der Waals surface area contributed by atoms with E-state index in [1.165, 1.54) is 19.1 Å². The second-order valence-electron chi connectivity index (χ2n) is 4.31. The maximum Gasteiger partial charge on any atom is 0.272 e. The van der Waals surface area contributed by atoms with E-state index >= 15 is 0 Å². The van der Waals surface area contributed by atoms with Crippen molar-refractivity contribution in [2.45, 2.75) is 13.0 Å². The lowest BCUT2D eigenvalue weighted by Crippen LogP contribution is -2.00. The fraction of sp³-hybridized carbons (Fsp3) is 0.143. The highest BCUT2D eigenvalue weighted by atomic mass is 19.1. The Balaban J connectivity index is 2.41. The molecule has 0 fully saturated rings. The minimum absolute atomic E-state index is 0.146. The molecule has 1 N–H and O–H groups in total. The van der Waals surface area contributed by atoms with Crippen LogP contribution in [0.3, 0.4) is 0 Å². The van der Waals surface area contributed by atoms with E-state index in [1.54, 1.807) is 0 Å². The van der Waals surface area contributed by atoms with Crippen LogP contribution < -0.4 is 4.74 Å². The van der Waals surface area contributed by atoms with Gasteiger partial charge in [0.2, 0.25) is 0 Å². The number of hydrogen-bond donors (Lipinski definition) is 1. The Hall–Kier alpha value is -2.54. The maximum atomic E-state index is 13.8. The second kappa shape index (κ2) is 5.84. The van der Waals surface area contributed by atoms with E-state index in [0.29, 0.717) is 6.07 Å². The van der Waals surface area contributed by atoms with Crippen LogP contribution in [0.2, 0.25) is 0 Å². The van der Waals surface area contributed by atoms with Gasteiger partial charge in [-0.25, -0.2) is 8.78 Å². The number of halogens is 2. The highest BCUT2D eigenvalue weighted by Gasteiger charge is 2.18. The lowest BCUT2D eigenvalue weighted by molar-refractivity contribution is -0.385. The zero-order valence-corrected chi connectivity index (χ0v) is 10.9. The highest BCUT2D eigenvalue weighted by molar-refractivity contribution is 5.43. The number of rotatable bonds is 4. The summed E-state index contributed by atoms with van der Waals surface area (Å²) in [5, 5.41) is 20.1. The number of non-ortho nitro benzene ring substituents is 1. The molecule has 0 saturated carbocycles. The third kappa shape index (κ3) is 3.14. The minimum atomic E-state index is -1.02. The highest BCUT2D eigenvalue weighted by Crippen LogP contribution is 2.34. The Morgan fingerprint density at radius 1 is 1.24 bits per heavy atom. The summed E-state index contributed by atoms with van der Waals surface area (Å²) in [5.74, 6) is -2.46. The molecule has 0 amide bonds. The Bertz CT molecular complexity index is 689. The minimum Gasteiger partial charge on any atom is -0.451 e. The molecule has 7 heteroatoms. The van der Waals surface area contributed by atoms with Gasteiger partial charge in [-0.2, -0.15) is 0 Å². The number of aliphatic hydroxyl groups is 1. The van der Waals surface area contributed by atoms with Crippen LogP contribution >= 0.6 is 0 Å². The third-order valence-electron chi connectivity index (χ3n) is 2.79. The van der Waals surface area contributed by atoms with Gasteiger partial charge in [0.15, 0.2) is 23.1 Å². The average Bonchev–Trinajstić information content (AvgIpc) is 2.42. The first kappa shape index (κ1) is 14.9. The van der Waals surface area contributed by atoms with Crippen molar-refractivity contribution in [3.8, 4) is 11.5 Å². The summed E-state index contributed by atoms with van der Waals surface area (Å²) in [5.41, 5.74) is -0.295. The number of nitro benzene ring substituents is 1. The van der Waals surface area contributed by atoms with Gasteiger partial charge in [-0.15, -0.1) is 0 Å². The SMILES string of the molecule is C[C@H](O)c1cccc(F)c1Oc1ccc([N+](=O)[O-])cc1F. The van der Waals surface area contributed by atoms with Gasteiger partial charge in [0.25, 0.3) is 5.69 Å². The first-order chi connectivity index (χ1) is 9.90. The number of benzene rings is 2. The van der Waals surface area contributed by atoms with Crippen LogP contribution in [-0.4, -0.2) is 10.0 Å². The molecule has 0 spiro atoms. The predicted octanol–water partition coefficient (Wildman–Crippen LogP) is 3.72. The van der Waals surface area contributed by atoms with Crippen molar-refractivity contribution in [2.75, 3.05) is 0 Å². The largest absolute Gasteiger partial charge is 0.451 e. The molecule has 0 aromatic heterocycles. The molecule has 2 aromatic rings. The van der Waals surface area contributed by atoms with E-state index < -0.39 is 28.3 Å². The van der Waals surface area contributed by atoms with Crippen molar-refractivity contribution >= 4 is 5.69 Å². The lowest BCUT2D eigenvalue weighted by Gasteiger charge is -2.14. The quantitative estimate of drug-likeness (QED) is 0.689. The Morgan fingerprint density at radius 2 is 1.95 bits per heavy atom. The van der Waals surface area contributed by atoms with Gasteiger partial charge >= 0.3 is 0 Å². The molecular formula is C14H11F2NO4. The van der Waals surface area contributed by atoms with Gasteiger partial charge in [-0.1, -0.05) is 12.1 Å². The zero-order chi connectivity index (χ0) is 15.6. The number of nitro groups is 1. The van der Waals surface area contributed by atoms with Crippen molar-refractivity contribution in [1.29, 1.82) is 0 Å². The number of hydrogen-bond acceptors (Lipinski definition) is 4. The summed E-state index contributed by atoms with van der Waals surface area (Å²) in [6, 6.07) is 6.68. The molecule has 0 aliphatic rings. The van der Waals surface area contributed by atoms with E-state index in [0.717, 1.165) is 18.2 Å². The van der Waals surface area contributed by atoms with Crippen LogP contribution in [0.15, 0.2) is 36.4 Å². The molecule has 5 nitrogen and oxygen atoms in total. The third-order valence-corrected chi connectivity index (χ3v) is 2.79. The van der Waals surface area contributed by atoms with Gasteiger partial charge in [0.1, 0.15) is 0 Å². The molecule has 0 aliphatic carbocycles. The van der Waals surface area contributed by atoms with Crippen LogP contribution in [-0.2, 0) is 0 Å². The van der Waals surface area contributed by atoms with Crippen LogP contribution in [0.4, 0.5) is 14.5 Å². The zero-order valence-electron chi connectivity index (χ0n) is 10.9. The maximum absolute atomic E-state index is 13.8.